The Morgan fingerprint density at radius 2 is 2.00 bits per heavy atom. The molecular weight excluding hydrogens is 164 g/mol. The molecule has 1 aliphatic heterocycles. The highest BCUT2D eigenvalue weighted by atomic mass is 16.7. The van der Waals surface area contributed by atoms with Crippen LogP contribution in [0.2, 0.25) is 0 Å². The van der Waals surface area contributed by atoms with E-state index in [-0.39, 0.29) is 6.61 Å². The molecule has 4 atom stereocenters. The van der Waals surface area contributed by atoms with E-state index in [9.17, 15) is 10.2 Å². The summed E-state index contributed by atoms with van der Waals surface area (Å²) in [6, 6.07) is 0. The van der Waals surface area contributed by atoms with Crippen molar-refractivity contribution in [2.45, 2.75) is 31.5 Å². The molecular formula is C7H14O5. The van der Waals surface area contributed by atoms with Crippen LogP contribution in [0.1, 0.15) is 6.92 Å². The minimum atomic E-state index is -1.07. The Balaban J connectivity index is 2.48. The molecule has 0 aromatic carbocycles. The SMILES string of the molecule is CCOC1O[C@@H](CO)[C@H](O)[C@H]1O. The summed E-state index contributed by atoms with van der Waals surface area (Å²) in [7, 11) is 0. The van der Waals surface area contributed by atoms with E-state index in [0.717, 1.165) is 0 Å². The topological polar surface area (TPSA) is 79.2 Å². The first-order valence-corrected chi connectivity index (χ1v) is 3.94. The van der Waals surface area contributed by atoms with Crippen molar-refractivity contribution < 1.29 is 24.8 Å². The summed E-state index contributed by atoms with van der Waals surface area (Å²) in [6.45, 7) is 1.84. The maximum Gasteiger partial charge on any atom is 0.186 e. The van der Waals surface area contributed by atoms with Gasteiger partial charge in [-0.25, -0.2) is 0 Å². The lowest BCUT2D eigenvalue weighted by molar-refractivity contribution is -0.166. The summed E-state index contributed by atoms with van der Waals surface area (Å²) >= 11 is 0. The van der Waals surface area contributed by atoms with Crippen molar-refractivity contribution in [2.75, 3.05) is 13.2 Å². The number of rotatable bonds is 3. The monoisotopic (exact) mass is 178 g/mol. The highest BCUT2D eigenvalue weighted by Gasteiger charge is 2.42. The third-order valence-electron chi connectivity index (χ3n) is 1.83. The lowest BCUT2D eigenvalue weighted by atomic mass is 10.1. The van der Waals surface area contributed by atoms with Gasteiger partial charge in [0.05, 0.1) is 6.61 Å². The molecule has 1 unspecified atom stereocenters. The molecule has 72 valence electrons. The standard InChI is InChI=1S/C7H14O5/c1-2-11-7-6(10)5(9)4(3-8)12-7/h4-10H,2-3H2,1H3/t4-,5-,6+,7?/m0/s1. The highest BCUT2D eigenvalue weighted by Crippen LogP contribution is 2.21. The first-order valence-electron chi connectivity index (χ1n) is 3.94. The number of hydrogen-bond donors (Lipinski definition) is 3. The third-order valence-corrected chi connectivity index (χ3v) is 1.83. The molecule has 1 saturated heterocycles. The van der Waals surface area contributed by atoms with Gasteiger partial charge in [-0.1, -0.05) is 0 Å². The van der Waals surface area contributed by atoms with E-state index in [1.54, 1.807) is 6.92 Å². The molecule has 0 aromatic heterocycles. The van der Waals surface area contributed by atoms with Gasteiger partial charge in [0.2, 0.25) is 0 Å². The Labute approximate surface area is 70.5 Å². The van der Waals surface area contributed by atoms with Gasteiger partial charge < -0.3 is 24.8 Å². The number of aliphatic hydroxyl groups excluding tert-OH is 3. The van der Waals surface area contributed by atoms with Crippen LogP contribution in [0, 0.1) is 0 Å². The Morgan fingerprint density at radius 1 is 1.33 bits per heavy atom. The summed E-state index contributed by atoms with van der Waals surface area (Å²) in [5, 5.41) is 27.2. The average molecular weight is 178 g/mol. The number of aliphatic hydroxyl groups is 3. The van der Waals surface area contributed by atoms with E-state index >= 15 is 0 Å². The van der Waals surface area contributed by atoms with Gasteiger partial charge in [-0.3, -0.25) is 0 Å². The molecule has 3 N–H and O–H groups in total. The van der Waals surface area contributed by atoms with Crippen molar-refractivity contribution in [3.05, 3.63) is 0 Å². The van der Waals surface area contributed by atoms with Crippen LogP contribution >= 0.6 is 0 Å². The lowest BCUT2D eigenvalue weighted by Gasteiger charge is -2.13. The molecule has 12 heavy (non-hydrogen) atoms. The van der Waals surface area contributed by atoms with Gasteiger partial charge in [0.25, 0.3) is 0 Å². The molecule has 0 aliphatic carbocycles. The first kappa shape index (κ1) is 9.88. The minimum absolute atomic E-state index is 0.318. The molecule has 5 heteroatoms. The maximum atomic E-state index is 9.28. The zero-order chi connectivity index (χ0) is 9.14. The predicted molar refractivity (Wildman–Crippen MR) is 39.4 cm³/mol. The molecule has 0 amide bonds. The van der Waals surface area contributed by atoms with Crippen molar-refractivity contribution in [3.63, 3.8) is 0 Å². The summed E-state index contributed by atoms with van der Waals surface area (Å²) in [5.41, 5.74) is 0. The Bertz CT molecular complexity index is 140. The Hall–Kier alpha value is -0.200. The van der Waals surface area contributed by atoms with E-state index in [1.165, 1.54) is 0 Å². The number of ether oxygens (including phenoxy) is 2. The van der Waals surface area contributed by atoms with Crippen molar-refractivity contribution in [3.8, 4) is 0 Å². The van der Waals surface area contributed by atoms with E-state index in [4.69, 9.17) is 14.6 Å². The van der Waals surface area contributed by atoms with E-state index in [1.807, 2.05) is 0 Å². The summed E-state index contributed by atoms with van der Waals surface area (Å²) in [5.74, 6) is 0. The largest absolute Gasteiger partial charge is 0.394 e. The first-order chi connectivity index (χ1) is 5.70. The van der Waals surface area contributed by atoms with Gasteiger partial charge in [0, 0.05) is 6.61 Å². The van der Waals surface area contributed by atoms with E-state index < -0.39 is 24.6 Å². The van der Waals surface area contributed by atoms with Crippen molar-refractivity contribution in [2.24, 2.45) is 0 Å². The van der Waals surface area contributed by atoms with Gasteiger partial charge in [-0.15, -0.1) is 0 Å². The Morgan fingerprint density at radius 3 is 2.42 bits per heavy atom. The van der Waals surface area contributed by atoms with Gasteiger partial charge in [0.1, 0.15) is 18.3 Å². The fraction of sp³-hybridized carbons (Fsp3) is 1.00. The van der Waals surface area contributed by atoms with Gasteiger partial charge in [-0.2, -0.15) is 0 Å². The molecule has 1 fully saturated rings. The van der Waals surface area contributed by atoms with Crippen LogP contribution < -0.4 is 0 Å². The van der Waals surface area contributed by atoms with E-state index in [0.29, 0.717) is 6.61 Å². The fourth-order valence-corrected chi connectivity index (χ4v) is 1.17. The lowest BCUT2D eigenvalue weighted by Crippen LogP contribution is -2.34. The van der Waals surface area contributed by atoms with Gasteiger partial charge in [-0.05, 0) is 6.92 Å². The number of hydrogen-bond acceptors (Lipinski definition) is 5. The normalized spacial score (nSPS) is 42.0. The van der Waals surface area contributed by atoms with Gasteiger partial charge in [0.15, 0.2) is 6.29 Å². The smallest absolute Gasteiger partial charge is 0.186 e. The molecule has 0 aromatic rings. The van der Waals surface area contributed by atoms with Crippen LogP contribution in [0.4, 0.5) is 0 Å². The van der Waals surface area contributed by atoms with Crippen molar-refractivity contribution in [1.82, 2.24) is 0 Å². The molecule has 0 saturated carbocycles. The molecule has 0 radical (unpaired) electrons. The van der Waals surface area contributed by atoms with Crippen molar-refractivity contribution >= 4 is 0 Å². The molecule has 1 heterocycles. The van der Waals surface area contributed by atoms with Crippen LogP contribution in [0.5, 0.6) is 0 Å². The summed E-state index contributed by atoms with van der Waals surface area (Å²) in [6.07, 6.45) is -3.69. The molecule has 5 nitrogen and oxygen atoms in total. The quantitative estimate of drug-likeness (QED) is 0.488. The summed E-state index contributed by atoms with van der Waals surface area (Å²) in [4.78, 5) is 0. The second-order valence-electron chi connectivity index (χ2n) is 2.66. The highest BCUT2D eigenvalue weighted by molar-refractivity contribution is 4.85. The van der Waals surface area contributed by atoms with Gasteiger partial charge >= 0.3 is 0 Å². The van der Waals surface area contributed by atoms with Crippen LogP contribution in [0.25, 0.3) is 0 Å². The molecule has 0 spiro atoms. The maximum absolute atomic E-state index is 9.28. The third kappa shape index (κ3) is 1.75. The molecule has 1 rings (SSSR count). The molecule has 0 bridgehead atoms. The zero-order valence-corrected chi connectivity index (χ0v) is 6.88. The summed E-state index contributed by atoms with van der Waals surface area (Å²) < 4.78 is 9.98. The fourth-order valence-electron chi connectivity index (χ4n) is 1.17. The van der Waals surface area contributed by atoms with Crippen molar-refractivity contribution in [1.29, 1.82) is 0 Å². The second-order valence-corrected chi connectivity index (χ2v) is 2.66. The van der Waals surface area contributed by atoms with Crippen LogP contribution in [0.15, 0.2) is 0 Å². The van der Waals surface area contributed by atoms with Crippen LogP contribution in [-0.2, 0) is 9.47 Å². The molecule has 1 aliphatic rings. The average Bonchev–Trinajstić information content (AvgIpc) is 2.33. The van der Waals surface area contributed by atoms with Crippen LogP contribution in [-0.4, -0.2) is 53.1 Å². The predicted octanol–water partition coefficient (Wildman–Crippen LogP) is -1.54. The Kier molecular flexibility index (Phi) is 3.42. The zero-order valence-electron chi connectivity index (χ0n) is 6.88. The van der Waals surface area contributed by atoms with Crippen LogP contribution in [0.3, 0.4) is 0 Å². The second kappa shape index (κ2) is 4.15. The van der Waals surface area contributed by atoms with E-state index in [2.05, 4.69) is 0 Å². The minimum Gasteiger partial charge on any atom is -0.394 e.